The van der Waals surface area contributed by atoms with Crippen LogP contribution in [-0.2, 0) is 0 Å². The van der Waals surface area contributed by atoms with Crippen LogP contribution in [0.5, 0.6) is 0 Å². The average molecular weight is 301 g/mol. The Morgan fingerprint density at radius 1 is 1.47 bits per heavy atom. The molecule has 0 aliphatic rings. The molecule has 1 aromatic rings. The molecule has 0 saturated heterocycles. The van der Waals surface area contributed by atoms with E-state index >= 15 is 0 Å². The van der Waals surface area contributed by atoms with E-state index in [1.165, 1.54) is 0 Å². The number of nitrogens with one attached hydrogen (secondary N) is 1. The van der Waals surface area contributed by atoms with E-state index in [0.29, 0.717) is 18.5 Å². The molecule has 4 nitrogen and oxygen atoms in total. The molecule has 0 fully saturated rings. The van der Waals surface area contributed by atoms with Gasteiger partial charge in [-0.05, 0) is 40.9 Å². The first-order chi connectivity index (χ1) is 8.00. The molecular formula is C12H17BrN2O2. The summed E-state index contributed by atoms with van der Waals surface area (Å²) in [4.78, 5) is 15.7. The second kappa shape index (κ2) is 6.12. The Morgan fingerprint density at radius 2 is 2.12 bits per heavy atom. The minimum absolute atomic E-state index is 0.247. The number of aromatic nitrogens is 1. The standard InChI is InChI=1S/C12H17BrN2O2/c1-3-12(17,4-2)8-15-11(16)10-6-5-9(13)7-14-10/h5-7,17H,3-4,8H2,1-2H3,(H,15,16). The Hall–Kier alpha value is -0.940. The number of hydrogen-bond donors (Lipinski definition) is 2. The van der Waals surface area contributed by atoms with E-state index in [1.54, 1.807) is 18.3 Å². The Kier molecular flexibility index (Phi) is 5.08. The van der Waals surface area contributed by atoms with Crippen molar-refractivity contribution in [1.82, 2.24) is 10.3 Å². The highest BCUT2D eigenvalue weighted by atomic mass is 79.9. The molecule has 0 spiro atoms. The summed E-state index contributed by atoms with van der Waals surface area (Å²) < 4.78 is 0.827. The molecule has 1 aromatic heterocycles. The minimum atomic E-state index is -0.828. The molecule has 94 valence electrons. The molecule has 0 aromatic carbocycles. The van der Waals surface area contributed by atoms with Gasteiger partial charge in [-0.1, -0.05) is 13.8 Å². The number of carbonyl (C=O) groups excluding carboxylic acids is 1. The number of amides is 1. The molecule has 1 rings (SSSR count). The fourth-order valence-corrected chi connectivity index (χ4v) is 1.58. The molecule has 0 aliphatic heterocycles. The second-order valence-electron chi connectivity index (χ2n) is 3.98. The fourth-order valence-electron chi connectivity index (χ4n) is 1.35. The lowest BCUT2D eigenvalue weighted by molar-refractivity contribution is 0.0313. The van der Waals surface area contributed by atoms with Gasteiger partial charge >= 0.3 is 0 Å². The smallest absolute Gasteiger partial charge is 0.269 e. The van der Waals surface area contributed by atoms with Crippen LogP contribution in [0.15, 0.2) is 22.8 Å². The van der Waals surface area contributed by atoms with E-state index in [1.807, 2.05) is 13.8 Å². The summed E-state index contributed by atoms with van der Waals surface area (Å²) >= 11 is 3.25. The minimum Gasteiger partial charge on any atom is -0.388 e. The summed E-state index contributed by atoms with van der Waals surface area (Å²) in [5.74, 6) is -0.266. The first-order valence-corrected chi connectivity index (χ1v) is 6.42. The molecule has 0 aliphatic carbocycles. The van der Waals surface area contributed by atoms with E-state index < -0.39 is 5.60 Å². The molecule has 0 bridgehead atoms. The van der Waals surface area contributed by atoms with Crippen LogP contribution in [0, 0.1) is 0 Å². The maximum Gasteiger partial charge on any atom is 0.269 e. The Labute approximate surface area is 110 Å². The van der Waals surface area contributed by atoms with Crippen molar-refractivity contribution in [3.8, 4) is 0 Å². The quantitative estimate of drug-likeness (QED) is 0.875. The van der Waals surface area contributed by atoms with Crippen LogP contribution >= 0.6 is 15.9 Å². The molecule has 0 saturated carbocycles. The maximum absolute atomic E-state index is 11.7. The number of pyridine rings is 1. The average Bonchev–Trinajstić information content (AvgIpc) is 2.36. The van der Waals surface area contributed by atoms with Crippen molar-refractivity contribution in [2.24, 2.45) is 0 Å². The van der Waals surface area contributed by atoms with Crippen molar-refractivity contribution in [2.75, 3.05) is 6.54 Å². The summed E-state index contributed by atoms with van der Waals surface area (Å²) in [5.41, 5.74) is -0.479. The zero-order valence-electron chi connectivity index (χ0n) is 10.0. The second-order valence-corrected chi connectivity index (χ2v) is 4.89. The SMILES string of the molecule is CCC(O)(CC)CNC(=O)c1ccc(Br)cn1. The van der Waals surface area contributed by atoms with Gasteiger partial charge in [0.15, 0.2) is 0 Å². The number of halogens is 1. The lowest BCUT2D eigenvalue weighted by Gasteiger charge is -2.25. The van der Waals surface area contributed by atoms with Crippen molar-refractivity contribution < 1.29 is 9.90 Å². The molecular weight excluding hydrogens is 284 g/mol. The van der Waals surface area contributed by atoms with Gasteiger partial charge in [0.2, 0.25) is 0 Å². The number of rotatable bonds is 5. The van der Waals surface area contributed by atoms with Crippen LogP contribution in [0.4, 0.5) is 0 Å². The molecule has 17 heavy (non-hydrogen) atoms. The number of carbonyl (C=O) groups is 1. The van der Waals surface area contributed by atoms with Crippen molar-refractivity contribution in [3.05, 3.63) is 28.5 Å². The van der Waals surface area contributed by atoms with Crippen LogP contribution in [0.1, 0.15) is 37.2 Å². The first kappa shape index (κ1) is 14.1. The van der Waals surface area contributed by atoms with E-state index in [9.17, 15) is 9.90 Å². The van der Waals surface area contributed by atoms with Gasteiger partial charge in [0, 0.05) is 17.2 Å². The van der Waals surface area contributed by atoms with Crippen molar-refractivity contribution in [1.29, 1.82) is 0 Å². The third-order valence-electron chi connectivity index (χ3n) is 2.85. The van der Waals surface area contributed by atoms with E-state index in [2.05, 4.69) is 26.2 Å². The fraction of sp³-hybridized carbons (Fsp3) is 0.500. The number of hydrogen-bond acceptors (Lipinski definition) is 3. The first-order valence-electron chi connectivity index (χ1n) is 5.63. The van der Waals surface area contributed by atoms with Gasteiger partial charge in [0.05, 0.1) is 5.60 Å². The van der Waals surface area contributed by atoms with Gasteiger partial charge in [-0.25, -0.2) is 4.98 Å². The van der Waals surface area contributed by atoms with Gasteiger partial charge in [0.1, 0.15) is 5.69 Å². The van der Waals surface area contributed by atoms with Crippen molar-refractivity contribution in [3.63, 3.8) is 0 Å². The van der Waals surface area contributed by atoms with Crippen molar-refractivity contribution >= 4 is 21.8 Å². The van der Waals surface area contributed by atoms with Crippen LogP contribution in [0.2, 0.25) is 0 Å². The van der Waals surface area contributed by atoms with E-state index in [4.69, 9.17) is 0 Å². The third kappa shape index (κ3) is 4.09. The summed E-state index contributed by atoms with van der Waals surface area (Å²) in [6.45, 7) is 4.04. The predicted octanol–water partition coefficient (Wildman–Crippen LogP) is 2.12. The highest BCUT2D eigenvalue weighted by Gasteiger charge is 2.23. The van der Waals surface area contributed by atoms with E-state index in [0.717, 1.165) is 4.47 Å². The molecule has 2 N–H and O–H groups in total. The normalized spacial score (nSPS) is 11.3. The lowest BCUT2D eigenvalue weighted by atomic mass is 9.97. The molecule has 0 radical (unpaired) electrons. The number of nitrogens with zero attached hydrogens (tertiary/aromatic N) is 1. The molecule has 0 atom stereocenters. The Bertz CT molecular complexity index is 375. The lowest BCUT2D eigenvalue weighted by Crippen LogP contribution is -2.42. The molecule has 1 heterocycles. The topological polar surface area (TPSA) is 62.2 Å². The summed E-state index contributed by atoms with van der Waals surface area (Å²) in [5, 5.41) is 12.7. The predicted molar refractivity (Wildman–Crippen MR) is 69.8 cm³/mol. The monoisotopic (exact) mass is 300 g/mol. The van der Waals surface area contributed by atoms with Gasteiger partial charge in [-0.2, -0.15) is 0 Å². The van der Waals surface area contributed by atoms with Gasteiger partial charge in [-0.15, -0.1) is 0 Å². The van der Waals surface area contributed by atoms with Crippen LogP contribution < -0.4 is 5.32 Å². The molecule has 5 heteroatoms. The van der Waals surface area contributed by atoms with Gasteiger partial charge < -0.3 is 10.4 Å². The summed E-state index contributed by atoms with van der Waals surface area (Å²) in [7, 11) is 0. The van der Waals surface area contributed by atoms with Crippen LogP contribution in [0.3, 0.4) is 0 Å². The van der Waals surface area contributed by atoms with Gasteiger partial charge in [0.25, 0.3) is 5.91 Å². The van der Waals surface area contributed by atoms with Gasteiger partial charge in [-0.3, -0.25) is 4.79 Å². The third-order valence-corrected chi connectivity index (χ3v) is 3.32. The Morgan fingerprint density at radius 3 is 2.59 bits per heavy atom. The zero-order chi connectivity index (χ0) is 12.9. The highest BCUT2D eigenvalue weighted by molar-refractivity contribution is 9.10. The Balaban J connectivity index is 2.58. The summed E-state index contributed by atoms with van der Waals surface area (Å²) in [6.07, 6.45) is 2.79. The largest absolute Gasteiger partial charge is 0.388 e. The number of aliphatic hydroxyl groups is 1. The highest BCUT2D eigenvalue weighted by Crippen LogP contribution is 2.13. The van der Waals surface area contributed by atoms with Crippen molar-refractivity contribution in [2.45, 2.75) is 32.3 Å². The molecule has 1 amide bonds. The molecule has 0 unspecified atom stereocenters. The van der Waals surface area contributed by atoms with Crippen LogP contribution in [0.25, 0.3) is 0 Å². The van der Waals surface area contributed by atoms with Crippen LogP contribution in [-0.4, -0.2) is 28.1 Å². The summed E-state index contributed by atoms with van der Waals surface area (Å²) in [6, 6.07) is 3.39. The maximum atomic E-state index is 11.7. The zero-order valence-corrected chi connectivity index (χ0v) is 11.6. The van der Waals surface area contributed by atoms with E-state index in [-0.39, 0.29) is 12.5 Å².